The predicted octanol–water partition coefficient (Wildman–Crippen LogP) is 5.74. The third-order valence-electron chi connectivity index (χ3n) is 7.34. The molecule has 0 unspecified atom stereocenters. The van der Waals surface area contributed by atoms with Crippen LogP contribution >= 0.6 is 11.8 Å². The number of fused-ring (bicyclic) bond motifs is 1. The molecule has 1 atom stereocenters. The lowest BCUT2D eigenvalue weighted by molar-refractivity contribution is -0.123. The van der Waals surface area contributed by atoms with Crippen molar-refractivity contribution < 1.29 is 14.3 Å². The Morgan fingerprint density at radius 1 is 1.00 bits per heavy atom. The Balaban J connectivity index is 1.52. The number of carbonyl (C=O) groups is 2. The second kappa shape index (κ2) is 12.5. The highest BCUT2D eigenvalue weighted by molar-refractivity contribution is 8.00. The molecule has 43 heavy (non-hydrogen) atoms. The van der Waals surface area contributed by atoms with Gasteiger partial charge < -0.3 is 10.1 Å². The molecular formula is C34H31N5O3S. The maximum absolute atomic E-state index is 13.9. The number of nitrogens with zero attached hydrogens (tertiary/aromatic N) is 4. The van der Waals surface area contributed by atoms with E-state index < -0.39 is 0 Å². The molecule has 0 aliphatic carbocycles. The summed E-state index contributed by atoms with van der Waals surface area (Å²) in [5.41, 5.74) is 6.48. The summed E-state index contributed by atoms with van der Waals surface area (Å²) < 4.78 is 7.19. The van der Waals surface area contributed by atoms with Gasteiger partial charge in [-0.1, -0.05) is 60.2 Å². The number of hydrogen-bond acceptors (Lipinski definition) is 6. The van der Waals surface area contributed by atoms with Crippen molar-refractivity contribution in [1.29, 1.82) is 0 Å². The maximum Gasteiger partial charge on any atom is 0.240 e. The number of methoxy groups -OCH3 is 1. The minimum Gasteiger partial charge on any atom is -0.497 e. The zero-order valence-electron chi connectivity index (χ0n) is 23.9. The van der Waals surface area contributed by atoms with E-state index in [4.69, 9.17) is 9.84 Å². The van der Waals surface area contributed by atoms with E-state index >= 15 is 0 Å². The zero-order chi connectivity index (χ0) is 29.8. The molecule has 0 saturated carbocycles. The third-order valence-corrected chi connectivity index (χ3v) is 8.59. The summed E-state index contributed by atoms with van der Waals surface area (Å²) in [5, 5.41) is 7.92. The molecule has 0 spiro atoms. The largest absolute Gasteiger partial charge is 0.497 e. The number of benzene rings is 3. The summed E-state index contributed by atoms with van der Waals surface area (Å²) in [6, 6.07) is 29.6. The Morgan fingerprint density at radius 3 is 2.49 bits per heavy atom. The number of pyridine rings is 1. The van der Waals surface area contributed by atoms with E-state index in [1.807, 2.05) is 72.8 Å². The molecule has 3 aromatic carbocycles. The van der Waals surface area contributed by atoms with Gasteiger partial charge in [0.1, 0.15) is 18.1 Å². The second-order valence-electron chi connectivity index (χ2n) is 10.3. The number of ether oxygens (including phenoxy) is 1. The summed E-state index contributed by atoms with van der Waals surface area (Å²) in [4.78, 5) is 32.9. The molecule has 2 aromatic heterocycles. The van der Waals surface area contributed by atoms with E-state index in [1.165, 1.54) is 0 Å². The minimum absolute atomic E-state index is 0.145. The Labute approximate surface area is 254 Å². The minimum atomic E-state index is -0.265. The van der Waals surface area contributed by atoms with Crippen LogP contribution < -0.4 is 15.0 Å². The number of thioether (sulfide) groups is 1. The van der Waals surface area contributed by atoms with Crippen LogP contribution in [0, 0.1) is 6.92 Å². The van der Waals surface area contributed by atoms with Gasteiger partial charge in [-0.2, -0.15) is 5.10 Å². The van der Waals surface area contributed by atoms with Gasteiger partial charge in [-0.05, 0) is 54.4 Å². The second-order valence-corrected chi connectivity index (χ2v) is 11.4. The lowest BCUT2D eigenvalue weighted by atomic mass is 9.98. The summed E-state index contributed by atoms with van der Waals surface area (Å²) in [6.45, 7) is 2.26. The number of rotatable bonds is 8. The Morgan fingerprint density at radius 2 is 1.77 bits per heavy atom. The van der Waals surface area contributed by atoms with Gasteiger partial charge in [-0.3, -0.25) is 19.5 Å². The molecule has 216 valence electrons. The average Bonchev–Trinajstić information content (AvgIpc) is 3.37. The van der Waals surface area contributed by atoms with Crippen molar-refractivity contribution in [3.63, 3.8) is 0 Å². The maximum atomic E-state index is 13.9. The fourth-order valence-electron chi connectivity index (χ4n) is 5.23. The monoisotopic (exact) mass is 589 g/mol. The average molecular weight is 590 g/mol. The SMILES string of the molecule is COc1ccc(-n2nc(-c3ccccc3)c3c2N(CC(=O)NCc2ccncc2)C(=O)CS[C@H]3c2cccc(C)c2)cc1. The molecule has 8 nitrogen and oxygen atoms in total. The summed E-state index contributed by atoms with van der Waals surface area (Å²) in [7, 11) is 1.62. The molecule has 1 aliphatic rings. The van der Waals surface area contributed by atoms with Crippen molar-refractivity contribution in [2.75, 3.05) is 24.3 Å². The van der Waals surface area contributed by atoms with E-state index in [1.54, 1.807) is 40.8 Å². The number of carbonyl (C=O) groups excluding carboxylic acids is 2. The topological polar surface area (TPSA) is 89.3 Å². The third kappa shape index (κ3) is 6.03. The molecular weight excluding hydrogens is 558 g/mol. The van der Waals surface area contributed by atoms with E-state index in [-0.39, 0.29) is 29.4 Å². The normalized spacial score (nSPS) is 14.6. The molecule has 2 amide bonds. The molecule has 1 N–H and O–H groups in total. The molecule has 0 bridgehead atoms. The van der Waals surface area contributed by atoms with Crippen LogP contribution in [-0.4, -0.2) is 46.0 Å². The highest BCUT2D eigenvalue weighted by atomic mass is 32.2. The first-order valence-corrected chi connectivity index (χ1v) is 15.0. The smallest absolute Gasteiger partial charge is 0.240 e. The molecule has 1 aliphatic heterocycles. The fraction of sp³-hybridized carbons (Fsp3) is 0.176. The van der Waals surface area contributed by atoms with Crippen LogP contribution in [-0.2, 0) is 16.1 Å². The first kappa shape index (κ1) is 28.2. The van der Waals surface area contributed by atoms with Crippen molar-refractivity contribution in [3.05, 3.63) is 126 Å². The predicted molar refractivity (Wildman–Crippen MR) is 169 cm³/mol. The van der Waals surface area contributed by atoms with E-state index in [9.17, 15) is 9.59 Å². The van der Waals surface area contributed by atoms with Gasteiger partial charge in [0.25, 0.3) is 0 Å². The van der Waals surface area contributed by atoms with Crippen molar-refractivity contribution in [2.24, 2.45) is 0 Å². The van der Waals surface area contributed by atoms with E-state index in [0.29, 0.717) is 18.1 Å². The molecule has 0 fully saturated rings. The van der Waals surface area contributed by atoms with Gasteiger partial charge in [0.05, 0.1) is 29.5 Å². The van der Waals surface area contributed by atoms with E-state index in [0.717, 1.165) is 39.2 Å². The van der Waals surface area contributed by atoms with Crippen molar-refractivity contribution >= 4 is 29.4 Å². The van der Waals surface area contributed by atoms with Gasteiger partial charge in [0, 0.05) is 30.1 Å². The van der Waals surface area contributed by atoms with Gasteiger partial charge in [-0.15, -0.1) is 11.8 Å². The number of aryl methyl sites for hydroxylation is 1. The van der Waals surface area contributed by atoms with Crippen molar-refractivity contribution in [1.82, 2.24) is 20.1 Å². The highest BCUT2D eigenvalue weighted by Crippen LogP contribution is 2.48. The van der Waals surface area contributed by atoms with Gasteiger partial charge >= 0.3 is 0 Å². The van der Waals surface area contributed by atoms with Crippen LogP contribution in [0.3, 0.4) is 0 Å². The van der Waals surface area contributed by atoms with Crippen LogP contribution in [0.15, 0.2) is 103 Å². The number of amides is 2. The van der Waals surface area contributed by atoms with Crippen LogP contribution in [0.4, 0.5) is 5.82 Å². The van der Waals surface area contributed by atoms with Gasteiger partial charge in [-0.25, -0.2) is 4.68 Å². The molecule has 0 saturated heterocycles. The molecule has 0 radical (unpaired) electrons. The lowest BCUT2D eigenvalue weighted by Gasteiger charge is -2.23. The number of anilines is 1. The summed E-state index contributed by atoms with van der Waals surface area (Å²) in [6.07, 6.45) is 3.38. The Kier molecular flexibility index (Phi) is 8.24. The fourth-order valence-corrected chi connectivity index (χ4v) is 6.42. The van der Waals surface area contributed by atoms with Crippen LogP contribution in [0.2, 0.25) is 0 Å². The molecule has 3 heterocycles. The number of nitrogens with one attached hydrogen (secondary N) is 1. The standard InChI is InChI=1S/C34H31N5O3S/c1-23-7-6-10-26(19-23)33-31-32(25-8-4-3-5-9-25)37-39(27-11-13-28(42-2)14-12-27)34(31)38(30(41)22-43-33)21-29(40)36-20-24-15-17-35-18-16-24/h3-19,33H,20-22H2,1-2H3,(H,36,40)/t33-/m0/s1. The number of hydrogen-bond donors (Lipinski definition) is 1. The molecule has 5 aromatic rings. The van der Waals surface area contributed by atoms with Gasteiger partial charge in [0.2, 0.25) is 11.8 Å². The summed E-state index contributed by atoms with van der Waals surface area (Å²) in [5.74, 6) is 1.09. The highest BCUT2D eigenvalue weighted by Gasteiger charge is 2.37. The van der Waals surface area contributed by atoms with Crippen LogP contribution in [0.25, 0.3) is 16.9 Å². The Hall–Kier alpha value is -4.89. The van der Waals surface area contributed by atoms with Crippen LogP contribution in [0.5, 0.6) is 5.75 Å². The lowest BCUT2D eigenvalue weighted by Crippen LogP contribution is -2.42. The van der Waals surface area contributed by atoms with E-state index in [2.05, 4.69) is 35.4 Å². The first-order valence-electron chi connectivity index (χ1n) is 14.0. The summed E-state index contributed by atoms with van der Waals surface area (Å²) >= 11 is 1.56. The van der Waals surface area contributed by atoms with Crippen LogP contribution in [0.1, 0.15) is 27.5 Å². The van der Waals surface area contributed by atoms with Crippen molar-refractivity contribution in [3.8, 4) is 22.7 Å². The molecule has 6 rings (SSSR count). The zero-order valence-corrected chi connectivity index (χ0v) is 24.8. The van der Waals surface area contributed by atoms with Gasteiger partial charge in [0.15, 0.2) is 0 Å². The quantitative estimate of drug-likeness (QED) is 0.249. The van der Waals surface area contributed by atoms with Crippen molar-refractivity contribution in [2.45, 2.75) is 18.7 Å². The number of aromatic nitrogens is 3. The molecule has 9 heteroatoms. The first-order chi connectivity index (χ1) is 21.0. The Bertz CT molecular complexity index is 1740.